The first-order valence-electron chi connectivity index (χ1n) is 12.0. The molecule has 0 atom stereocenters. The number of allylic oxidation sites excluding steroid dienone is 7. The summed E-state index contributed by atoms with van der Waals surface area (Å²) in [5.74, 6) is 0. The Morgan fingerprint density at radius 2 is 1.45 bits per heavy atom. The summed E-state index contributed by atoms with van der Waals surface area (Å²) in [6, 6.07) is 19.3. The molecule has 0 heteroatoms. The Bertz CT molecular complexity index is 827. The van der Waals surface area contributed by atoms with Gasteiger partial charge < -0.3 is 0 Å². The first kappa shape index (κ1) is 26.4. The van der Waals surface area contributed by atoms with E-state index in [2.05, 4.69) is 114 Å². The van der Waals surface area contributed by atoms with E-state index in [4.69, 9.17) is 0 Å². The number of aryl methyl sites for hydroxylation is 1. The maximum atomic E-state index is 4.09. The highest BCUT2D eigenvalue weighted by Crippen LogP contribution is 2.35. The van der Waals surface area contributed by atoms with Crippen molar-refractivity contribution in [3.05, 3.63) is 108 Å². The number of unbranched alkanes of at least 4 members (excludes halogenated alkanes) is 2. The van der Waals surface area contributed by atoms with Crippen molar-refractivity contribution in [3.63, 3.8) is 0 Å². The molecule has 1 aliphatic rings. The monoisotopic (exact) mass is 414 g/mol. The van der Waals surface area contributed by atoms with Gasteiger partial charge in [0, 0.05) is 0 Å². The lowest BCUT2D eigenvalue weighted by molar-refractivity contribution is 0.772. The summed E-state index contributed by atoms with van der Waals surface area (Å²) >= 11 is 0. The lowest BCUT2D eigenvalue weighted by Gasteiger charge is -2.17. The van der Waals surface area contributed by atoms with Gasteiger partial charge in [-0.05, 0) is 47.6 Å². The fraction of sp³-hybridized carbons (Fsp3) is 0.355. The topological polar surface area (TPSA) is 0 Å². The molecule has 0 nitrogen and oxygen atoms in total. The van der Waals surface area contributed by atoms with Crippen molar-refractivity contribution in [3.8, 4) is 0 Å². The molecule has 0 radical (unpaired) electrons. The first-order valence-corrected chi connectivity index (χ1v) is 12.0. The van der Waals surface area contributed by atoms with E-state index < -0.39 is 0 Å². The third kappa shape index (κ3) is 9.39. The molecule has 0 spiro atoms. The predicted octanol–water partition coefficient (Wildman–Crippen LogP) is 9.98. The van der Waals surface area contributed by atoms with Crippen LogP contribution in [0.4, 0.5) is 0 Å². The van der Waals surface area contributed by atoms with Gasteiger partial charge in [-0.3, -0.25) is 0 Å². The minimum absolute atomic E-state index is 1.10. The van der Waals surface area contributed by atoms with Gasteiger partial charge in [0.25, 0.3) is 0 Å². The van der Waals surface area contributed by atoms with Crippen LogP contribution in [0.3, 0.4) is 0 Å². The van der Waals surface area contributed by atoms with Crippen molar-refractivity contribution < 1.29 is 0 Å². The van der Waals surface area contributed by atoms with Gasteiger partial charge in [-0.2, -0.15) is 0 Å². The van der Waals surface area contributed by atoms with Crippen LogP contribution in [-0.2, 0) is 0 Å². The molecule has 0 fully saturated rings. The molecule has 31 heavy (non-hydrogen) atoms. The second-order valence-corrected chi connectivity index (χ2v) is 7.92. The van der Waals surface area contributed by atoms with E-state index in [1.54, 1.807) is 0 Å². The quantitative estimate of drug-likeness (QED) is 0.326. The zero-order chi connectivity index (χ0) is 22.9. The summed E-state index contributed by atoms with van der Waals surface area (Å²) in [4.78, 5) is 0. The summed E-state index contributed by atoms with van der Waals surface area (Å²) in [7, 11) is 0. The zero-order valence-electron chi connectivity index (χ0n) is 20.5. The third-order valence-electron chi connectivity index (χ3n) is 4.89. The standard InChI is InChI=1S/C23H22.C5H12.C3H8/c1-3-22(19-10-6-4-7-11-19)23(20-12-8-5-9-13-20)21-16-14-18(2)15-17-21;1-3-5-4-2;1-3-2/h3-4,6-8,10-17H,1,5,9H2,2H3;3-5H2,1-2H3;3H2,1-2H3/b23-22-;;. The van der Waals surface area contributed by atoms with E-state index in [9.17, 15) is 0 Å². The normalized spacial score (nSPS) is 13.0. The van der Waals surface area contributed by atoms with E-state index in [1.165, 1.54) is 59.1 Å². The van der Waals surface area contributed by atoms with E-state index in [1.807, 2.05) is 6.08 Å². The molecule has 0 unspecified atom stereocenters. The number of hydrogen-bond donors (Lipinski definition) is 0. The smallest absolute Gasteiger partial charge is 0.00364 e. The second kappa shape index (κ2) is 16.1. The molecule has 166 valence electrons. The molecule has 0 N–H and O–H groups in total. The first-order chi connectivity index (χ1) is 15.1. The van der Waals surface area contributed by atoms with Crippen LogP contribution in [0.2, 0.25) is 0 Å². The van der Waals surface area contributed by atoms with Crippen LogP contribution in [0, 0.1) is 6.92 Å². The van der Waals surface area contributed by atoms with Gasteiger partial charge in [0.15, 0.2) is 0 Å². The Kier molecular flexibility index (Phi) is 13.8. The van der Waals surface area contributed by atoms with E-state index in [0.717, 1.165) is 12.8 Å². The van der Waals surface area contributed by atoms with Crippen molar-refractivity contribution in [1.29, 1.82) is 0 Å². The summed E-state index contributed by atoms with van der Waals surface area (Å²) < 4.78 is 0. The Morgan fingerprint density at radius 3 is 1.90 bits per heavy atom. The number of rotatable bonds is 6. The minimum atomic E-state index is 1.10. The molecule has 3 rings (SSSR count). The zero-order valence-corrected chi connectivity index (χ0v) is 20.5. The fourth-order valence-corrected chi connectivity index (χ4v) is 3.33. The van der Waals surface area contributed by atoms with Crippen molar-refractivity contribution >= 4 is 11.1 Å². The third-order valence-corrected chi connectivity index (χ3v) is 4.89. The van der Waals surface area contributed by atoms with Gasteiger partial charge >= 0.3 is 0 Å². The molecule has 2 aromatic carbocycles. The van der Waals surface area contributed by atoms with E-state index >= 15 is 0 Å². The average Bonchev–Trinajstić information content (AvgIpc) is 2.81. The van der Waals surface area contributed by atoms with E-state index in [0.29, 0.717) is 0 Å². The summed E-state index contributed by atoms with van der Waals surface area (Å²) in [5, 5.41) is 0. The van der Waals surface area contributed by atoms with Gasteiger partial charge in [-0.1, -0.05) is 144 Å². The van der Waals surface area contributed by atoms with Gasteiger partial charge in [-0.25, -0.2) is 0 Å². The fourth-order valence-electron chi connectivity index (χ4n) is 3.33. The molecule has 0 bridgehead atoms. The van der Waals surface area contributed by atoms with Crippen LogP contribution in [0.5, 0.6) is 0 Å². The predicted molar refractivity (Wildman–Crippen MR) is 142 cm³/mol. The molecule has 0 saturated carbocycles. The molecule has 1 aliphatic carbocycles. The van der Waals surface area contributed by atoms with Crippen molar-refractivity contribution in [1.82, 2.24) is 0 Å². The maximum absolute atomic E-state index is 4.09. The van der Waals surface area contributed by atoms with Gasteiger partial charge in [0.1, 0.15) is 0 Å². The lowest BCUT2D eigenvalue weighted by Crippen LogP contribution is -1.96. The minimum Gasteiger partial charge on any atom is -0.0984 e. The Morgan fingerprint density at radius 1 is 0.839 bits per heavy atom. The number of hydrogen-bond acceptors (Lipinski definition) is 0. The average molecular weight is 415 g/mol. The van der Waals surface area contributed by atoms with Crippen LogP contribution < -0.4 is 0 Å². The van der Waals surface area contributed by atoms with Crippen molar-refractivity contribution in [2.45, 2.75) is 73.1 Å². The SMILES string of the molecule is C=C/C(=C(\C1=CCCC=C1)c1ccc(C)cc1)c1ccccc1.CCC.CCCCC. The summed E-state index contributed by atoms with van der Waals surface area (Å²) in [6.07, 6.45) is 16.4. The molecule has 0 saturated heterocycles. The molecule has 0 amide bonds. The molecular formula is C31H42. The maximum Gasteiger partial charge on any atom is -0.00364 e. The van der Waals surface area contributed by atoms with Crippen LogP contribution in [0.25, 0.3) is 11.1 Å². The molecular weight excluding hydrogens is 372 g/mol. The largest absolute Gasteiger partial charge is 0.0984 e. The van der Waals surface area contributed by atoms with Crippen molar-refractivity contribution in [2.24, 2.45) is 0 Å². The highest BCUT2D eigenvalue weighted by Gasteiger charge is 2.13. The lowest BCUT2D eigenvalue weighted by atomic mass is 9.87. The summed E-state index contributed by atoms with van der Waals surface area (Å²) in [5.41, 5.74) is 7.47. The molecule has 0 aromatic heterocycles. The molecule has 0 aliphatic heterocycles. The summed E-state index contributed by atoms with van der Waals surface area (Å²) in [6.45, 7) is 14.9. The van der Waals surface area contributed by atoms with E-state index in [-0.39, 0.29) is 0 Å². The van der Waals surface area contributed by atoms with Crippen molar-refractivity contribution in [2.75, 3.05) is 0 Å². The molecule has 0 heterocycles. The van der Waals surface area contributed by atoms with Crippen LogP contribution in [0.1, 0.15) is 82.9 Å². The Balaban J connectivity index is 0.000000519. The number of benzene rings is 2. The van der Waals surface area contributed by atoms with Crippen LogP contribution >= 0.6 is 0 Å². The highest BCUT2D eigenvalue weighted by molar-refractivity contribution is 6.03. The Hall–Kier alpha value is -2.60. The highest BCUT2D eigenvalue weighted by atomic mass is 14.2. The van der Waals surface area contributed by atoms with Gasteiger partial charge in [0.2, 0.25) is 0 Å². The van der Waals surface area contributed by atoms with Crippen LogP contribution in [0.15, 0.2) is 91.1 Å². The van der Waals surface area contributed by atoms with Gasteiger partial charge in [0.05, 0.1) is 0 Å². The Labute approximate surface area is 192 Å². The second-order valence-electron chi connectivity index (χ2n) is 7.92. The van der Waals surface area contributed by atoms with Gasteiger partial charge in [-0.15, -0.1) is 0 Å². The molecule has 2 aromatic rings. The van der Waals surface area contributed by atoms with Crippen LogP contribution in [-0.4, -0.2) is 0 Å².